The van der Waals surface area contributed by atoms with E-state index in [1.54, 1.807) is 41.5 Å². The van der Waals surface area contributed by atoms with Crippen LogP contribution in [0.4, 0.5) is 9.93 Å². The molecule has 0 bridgehead atoms. The van der Waals surface area contributed by atoms with E-state index in [1.807, 2.05) is 0 Å². The number of esters is 1. The number of hydrogen-bond acceptors (Lipinski definition) is 12. The lowest BCUT2D eigenvalue weighted by atomic mass is 10.0. The summed E-state index contributed by atoms with van der Waals surface area (Å²) < 4.78 is 10.6. The number of hydrogen-bond donors (Lipinski definition) is 3. The summed E-state index contributed by atoms with van der Waals surface area (Å²) in [7, 11) is 0. The van der Waals surface area contributed by atoms with Gasteiger partial charge in [0.25, 0.3) is 11.8 Å². The molecule has 3 heterocycles. The van der Waals surface area contributed by atoms with Gasteiger partial charge in [0.1, 0.15) is 34.0 Å². The molecule has 1 fully saturated rings. The van der Waals surface area contributed by atoms with Crippen LogP contribution >= 0.6 is 34.7 Å². The Morgan fingerprint density at radius 1 is 1.12 bits per heavy atom. The molecule has 17 heteroatoms. The number of carbonyl (C=O) groups excluding carboxylic acids is 4. The van der Waals surface area contributed by atoms with Gasteiger partial charge < -0.3 is 24.7 Å². The van der Waals surface area contributed by atoms with Crippen molar-refractivity contribution in [1.29, 1.82) is 0 Å². The molecule has 1 aromatic rings. The molecule has 0 aromatic carbocycles. The quantitative estimate of drug-likeness (QED) is 0.116. The van der Waals surface area contributed by atoms with Crippen LogP contribution in [0.1, 0.15) is 61.1 Å². The third-order valence-electron chi connectivity index (χ3n) is 5.52. The first kappa shape index (κ1) is 34.1. The summed E-state index contributed by atoms with van der Waals surface area (Å²) in [5, 5.41) is 19.4. The number of oxime groups is 1. The van der Waals surface area contributed by atoms with Gasteiger partial charge in [-0.15, -0.1) is 34.7 Å². The van der Waals surface area contributed by atoms with Gasteiger partial charge in [-0.3, -0.25) is 19.8 Å². The Morgan fingerprint density at radius 3 is 2.30 bits per heavy atom. The van der Waals surface area contributed by atoms with E-state index < -0.39 is 63.8 Å². The Labute approximate surface area is 261 Å². The van der Waals surface area contributed by atoms with Gasteiger partial charge in [0.15, 0.2) is 10.8 Å². The number of thiazole rings is 1. The van der Waals surface area contributed by atoms with Crippen molar-refractivity contribution in [2.24, 2.45) is 5.16 Å². The van der Waals surface area contributed by atoms with Gasteiger partial charge in [-0.2, -0.15) is 0 Å². The van der Waals surface area contributed by atoms with Crippen LogP contribution in [0.2, 0.25) is 0 Å². The predicted octanol–water partition coefficient (Wildman–Crippen LogP) is 3.31. The smallest absolute Gasteiger partial charge is 0.413 e. The highest BCUT2D eigenvalue weighted by atomic mass is 35.5. The summed E-state index contributed by atoms with van der Waals surface area (Å²) in [4.78, 5) is 74.1. The summed E-state index contributed by atoms with van der Waals surface area (Å²) in [5.74, 6) is -3.40. The van der Waals surface area contributed by atoms with Gasteiger partial charge >= 0.3 is 18.0 Å². The number of aliphatic carboxylic acids is 1. The van der Waals surface area contributed by atoms with E-state index >= 15 is 0 Å². The highest BCUT2D eigenvalue weighted by Crippen LogP contribution is 2.40. The number of aromatic nitrogens is 1. The van der Waals surface area contributed by atoms with Gasteiger partial charge in [0.2, 0.25) is 5.60 Å². The Bertz CT molecular complexity index is 1380. The summed E-state index contributed by atoms with van der Waals surface area (Å²) >= 11 is 8.10. The Morgan fingerprint density at radius 2 is 1.74 bits per heavy atom. The third kappa shape index (κ3) is 8.38. The second-order valence-corrected chi connectivity index (χ2v) is 14.2. The maximum atomic E-state index is 13.5. The highest BCUT2D eigenvalue weighted by molar-refractivity contribution is 8.00. The van der Waals surface area contributed by atoms with Gasteiger partial charge in [-0.25, -0.2) is 19.4 Å². The van der Waals surface area contributed by atoms with E-state index in [0.717, 1.165) is 16.2 Å². The van der Waals surface area contributed by atoms with Crippen molar-refractivity contribution >= 4 is 75.4 Å². The first-order chi connectivity index (χ1) is 19.7. The number of carboxylic acids is 1. The highest BCUT2D eigenvalue weighted by Gasteiger charge is 2.54. The zero-order valence-corrected chi connectivity index (χ0v) is 27.3. The summed E-state index contributed by atoms with van der Waals surface area (Å²) in [6, 6.07) is -1.09. The number of rotatable bonds is 9. The van der Waals surface area contributed by atoms with Gasteiger partial charge in [0.05, 0.1) is 0 Å². The van der Waals surface area contributed by atoms with E-state index in [4.69, 9.17) is 25.9 Å². The predicted molar refractivity (Wildman–Crippen MR) is 160 cm³/mol. The van der Waals surface area contributed by atoms with E-state index in [9.17, 15) is 29.1 Å². The van der Waals surface area contributed by atoms with Crippen LogP contribution in [-0.2, 0) is 33.5 Å². The molecule has 3 N–H and O–H groups in total. The number of fused-ring (bicyclic) bond motifs is 1. The zero-order valence-electron chi connectivity index (χ0n) is 24.9. The molecular weight excluding hydrogens is 626 g/mol. The molecule has 14 nitrogen and oxygen atoms in total. The van der Waals surface area contributed by atoms with Crippen LogP contribution < -0.4 is 10.6 Å². The average Bonchev–Trinajstić information content (AvgIpc) is 3.31. The number of carbonyl (C=O) groups is 5. The molecule has 1 aromatic heterocycles. The van der Waals surface area contributed by atoms with Crippen LogP contribution in [0.25, 0.3) is 0 Å². The van der Waals surface area contributed by atoms with Crippen molar-refractivity contribution in [1.82, 2.24) is 15.2 Å². The number of β-lactam (4-membered cyclic amide) rings is 1. The van der Waals surface area contributed by atoms with Crippen LogP contribution in [0, 0.1) is 0 Å². The molecule has 3 rings (SSSR count). The van der Waals surface area contributed by atoms with E-state index in [-0.39, 0.29) is 28.2 Å². The first-order valence-electron chi connectivity index (χ1n) is 13.0. The van der Waals surface area contributed by atoms with Crippen LogP contribution in [0.5, 0.6) is 0 Å². The molecule has 2 atom stereocenters. The van der Waals surface area contributed by atoms with Crippen molar-refractivity contribution in [2.45, 2.75) is 83.6 Å². The molecule has 3 amide bonds. The largest absolute Gasteiger partial charge is 0.477 e. The van der Waals surface area contributed by atoms with E-state index in [1.165, 1.54) is 31.0 Å². The fourth-order valence-electron chi connectivity index (χ4n) is 3.63. The maximum Gasteiger partial charge on any atom is 0.413 e. The fourth-order valence-corrected chi connectivity index (χ4v) is 5.99. The molecule has 0 aliphatic carbocycles. The lowest BCUT2D eigenvalue weighted by molar-refractivity contribution is -0.179. The standard InChI is InChI=1S/C26H34ClN5O9S2/c1-24(2,3)39-21(37)26(7,8)41-31-14(13-11-43-22(28-13)30-23(38)40-25(4,5)6)17(33)29-15-18(34)32-16(20(35)36)12(9-27)10-42-19(15)32/h11,15,19H,9-10H2,1-8H3,(H,29,33)(H,35,36)(H,28,30,38)/b31-14-/t15-,19-/m1/s1. The average molecular weight is 660 g/mol. The molecule has 43 heavy (non-hydrogen) atoms. The lowest BCUT2D eigenvalue weighted by Gasteiger charge is -2.49. The van der Waals surface area contributed by atoms with Crippen molar-refractivity contribution in [3.05, 3.63) is 22.3 Å². The number of anilines is 1. The van der Waals surface area contributed by atoms with Crippen molar-refractivity contribution in [3.63, 3.8) is 0 Å². The number of carboxylic acid groups (broad SMARTS) is 1. The van der Waals surface area contributed by atoms with E-state index in [0.29, 0.717) is 5.57 Å². The molecule has 2 aliphatic heterocycles. The number of halogens is 1. The SMILES string of the molecule is CC(C)(C)OC(=O)Nc1nc(/C(=N/OC(C)(C)C(=O)OC(C)(C)C)C(=O)N[C@@H]2C(=O)N3C(C(=O)O)=C(CCl)CS[C@H]23)cs1. The van der Waals surface area contributed by atoms with Crippen molar-refractivity contribution in [3.8, 4) is 0 Å². The lowest BCUT2D eigenvalue weighted by Crippen LogP contribution is -2.71. The Kier molecular flexibility index (Phi) is 10.1. The molecule has 0 unspecified atom stereocenters. The summed E-state index contributed by atoms with van der Waals surface area (Å²) in [5.41, 5.74) is -3.48. The van der Waals surface area contributed by atoms with Crippen LogP contribution in [0.3, 0.4) is 0 Å². The second kappa shape index (κ2) is 12.7. The molecular formula is C26H34ClN5O9S2. The molecule has 1 saturated heterocycles. The number of thioether (sulfide) groups is 1. The summed E-state index contributed by atoms with van der Waals surface area (Å²) in [6.45, 7) is 12.9. The molecule has 0 spiro atoms. The van der Waals surface area contributed by atoms with Crippen molar-refractivity contribution < 1.29 is 43.4 Å². The first-order valence-corrected chi connectivity index (χ1v) is 15.4. The monoisotopic (exact) mass is 659 g/mol. The molecule has 0 radical (unpaired) electrons. The number of nitrogens with zero attached hydrogens (tertiary/aromatic N) is 3. The van der Waals surface area contributed by atoms with Gasteiger partial charge in [-0.05, 0) is 61.0 Å². The summed E-state index contributed by atoms with van der Waals surface area (Å²) in [6.07, 6.45) is -0.772. The fraction of sp³-hybridized carbons (Fsp3) is 0.577. The zero-order chi connectivity index (χ0) is 32.5. The van der Waals surface area contributed by atoms with Gasteiger partial charge in [-0.1, -0.05) is 5.16 Å². The minimum Gasteiger partial charge on any atom is -0.477 e. The molecule has 2 aliphatic rings. The number of nitrogens with one attached hydrogen (secondary N) is 2. The van der Waals surface area contributed by atoms with Crippen LogP contribution in [0.15, 0.2) is 21.8 Å². The number of alkyl halides is 1. The minimum absolute atomic E-state index is 0.0379. The normalized spacial score (nSPS) is 19.2. The van der Waals surface area contributed by atoms with E-state index in [2.05, 4.69) is 20.8 Å². The second-order valence-electron chi connectivity index (χ2n) is 12.0. The van der Waals surface area contributed by atoms with Gasteiger partial charge in [0, 0.05) is 17.0 Å². The maximum absolute atomic E-state index is 13.5. The number of ether oxygens (including phenoxy) is 2. The Balaban J connectivity index is 1.88. The number of amides is 3. The molecule has 0 saturated carbocycles. The van der Waals surface area contributed by atoms with Crippen molar-refractivity contribution in [2.75, 3.05) is 16.9 Å². The minimum atomic E-state index is -1.63. The topological polar surface area (TPSA) is 186 Å². The third-order valence-corrected chi connectivity index (χ3v) is 7.94. The Hall–Kier alpha value is -3.37. The molecule has 236 valence electrons. The van der Waals surface area contributed by atoms with Crippen LogP contribution in [-0.4, -0.2) is 90.4 Å².